The van der Waals surface area contributed by atoms with Crippen molar-refractivity contribution in [3.05, 3.63) is 33.4 Å². The maximum atomic E-state index is 1.99. The summed E-state index contributed by atoms with van der Waals surface area (Å²) >= 11 is 0. The van der Waals surface area contributed by atoms with Crippen molar-refractivity contribution >= 4 is 0 Å². The third kappa shape index (κ3) is 2.04. The second-order valence-electron chi connectivity index (χ2n) is 10.1. The Hall–Kier alpha value is -0.780. The lowest BCUT2D eigenvalue weighted by Gasteiger charge is -2.28. The predicted molar refractivity (Wildman–Crippen MR) is 98.3 cm³/mol. The summed E-state index contributed by atoms with van der Waals surface area (Å²) in [5, 5.41) is 0. The van der Waals surface area contributed by atoms with Crippen LogP contribution < -0.4 is 0 Å². The van der Waals surface area contributed by atoms with Crippen LogP contribution in [0.25, 0.3) is 0 Å². The highest BCUT2D eigenvalue weighted by atomic mass is 14.5. The van der Waals surface area contributed by atoms with E-state index in [1.54, 1.807) is 0 Å². The molecule has 6 fully saturated rings. The fourth-order valence-electron chi connectivity index (χ4n) is 5.74. The lowest BCUT2D eigenvalue weighted by molar-refractivity contribution is 0.853. The van der Waals surface area contributed by atoms with Gasteiger partial charge in [-0.3, -0.25) is 0 Å². The largest absolute Gasteiger partial charge is 0.0458 e. The van der Waals surface area contributed by atoms with Crippen LogP contribution in [0.2, 0.25) is 0 Å². The van der Waals surface area contributed by atoms with Crippen LogP contribution in [0.15, 0.2) is 0 Å². The summed E-state index contributed by atoms with van der Waals surface area (Å²) in [6, 6.07) is 0. The molecule has 0 heteroatoms. The van der Waals surface area contributed by atoms with Gasteiger partial charge in [0.25, 0.3) is 0 Å². The van der Waals surface area contributed by atoms with Gasteiger partial charge in [0.15, 0.2) is 0 Å². The van der Waals surface area contributed by atoms with Crippen molar-refractivity contribution in [2.75, 3.05) is 0 Å². The first-order chi connectivity index (χ1) is 11.9. The van der Waals surface area contributed by atoms with E-state index < -0.39 is 0 Å². The molecule has 126 valence electrons. The van der Waals surface area contributed by atoms with Gasteiger partial charge in [0.1, 0.15) is 0 Å². The fourth-order valence-corrected chi connectivity index (χ4v) is 5.74. The molecule has 1 aromatic carbocycles. The Balaban J connectivity index is 1.57. The Kier molecular flexibility index (Phi) is 2.51. The molecule has 6 saturated carbocycles. The number of hydrogen-bond acceptors (Lipinski definition) is 0. The smallest absolute Gasteiger partial charge is 0.0156 e. The molecule has 6 aliphatic carbocycles. The fraction of sp³-hybridized carbons (Fsp3) is 0.750. The van der Waals surface area contributed by atoms with Gasteiger partial charge in [-0.2, -0.15) is 0 Å². The van der Waals surface area contributed by atoms with E-state index >= 15 is 0 Å². The topological polar surface area (TPSA) is 0 Å². The van der Waals surface area contributed by atoms with Gasteiger partial charge in [-0.25, -0.2) is 0 Å². The maximum absolute atomic E-state index is 1.99. The molecule has 0 heterocycles. The van der Waals surface area contributed by atoms with E-state index in [2.05, 4.69) is 0 Å². The highest BCUT2D eigenvalue weighted by Gasteiger charge is 2.48. The first-order valence-corrected chi connectivity index (χ1v) is 11.1. The maximum Gasteiger partial charge on any atom is -0.0156 e. The van der Waals surface area contributed by atoms with Crippen molar-refractivity contribution in [3.63, 3.8) is 0 Å². The van der Waals surface area contributed by atoms with E-state index in [4.69, 9.17) is 0 Å². The average Bonchev–Trinajstić information content (AvgIpc) is 3.46. The van der Waals surface area contributed by atoms with Crippen molar-refractivity contribution in [1.29, 1.82) is 0 Å². The van der Waals surface area contributed by atoms with Gasteiger partial charge in [-0.05, 0) is 146 Å². The van der Waals surface area contributed by atoms with E-state index in [9.17, 15) is 0 Å². The molecule has 0 amide bonds. The van der Waals surface area contributed by atoms with Crippen molar-refractivity contribution in [2.45, 2.75) is 113 Å². The average molecular weight is 319 g/mol. The van der Waals surface area contributed by atoms with Gasteiger partial charge in [-0.15, -0.1) is 0 Å². The molecule has 6 aliphatic rings. The summed E-state index contributed by atoms with van der Waals surface area (Å²) in [4.78, 5) is 0. The second kappa shape index (κ2) is 4.49. The van der Waals surface area contributed by atoms with E-state index in [0.717, 1.165) is 35.5 Å². The second-order valence-corrected chi connectivity index (χ2v) is 10.1. The molecule has 0 unspecified atom stereocenters. The molecule has 0 atom stereocenters. The lowest BCUT2D eigenvalue weighted by atomic mass is 9.77. The van der Waals surface area contributed by atoms with Gasteiger partial charge >= 0.3 is 0 Å². The Morgan fingerprint density at radius 2 is 0.375 bits per heavy atom. The third-order valence-electron chi connectivity index (χ3n) is 7.65. The molecule has 0 aliphatic heterocycles. The molecule has 0 radical (unpaired) electrons. The minimum absolute atomic E-state index is 0.986. The predicted octanol–water partition coefficient (Wildman–Crippen LogP) is 6.95. The summed E-state index contributed by atoms with van der Waals surface area (Å²) in [5.74, 6) is 5.91. The molecule has 0 N–H and O–H groups in total. The van der Waals surface area contributed by atoms with E-state index in [0.29, 0.717) is 0 Å². The molecule has 0 spiro atoms. The molecule has 0 bridgehead atoms. The van der Waals surface area contributed by atoms with Crippen LogP contribution in [0.5, 0.6) is 0 Å². The summed E-state index contributed by atoms with van der Waals surface area (Å²) < 4.78 is 0. The molecular formula is C24H30. The van der Waals surface area contributed by atoms with Crippen LogP contribution >= 0.6 is 0 Å². The van der Waals surface area contributed by atoms with Crippen LogP contribution in [0, 0.1) is 0 Å². The monoisotopic (exact) mass is 318 g/mol. The highest BCUT2D eigenvalue weighted by Crippen LogP contribution is 2.65. The van der Waals surface area contributed by atoms with Crippen molar-refractivity contribution in [1.82, 2.24) is 0 Å². The summed E-state index contributed by atoms with van der Waals surface area (Å²) in [5.41, 5.74) is 12.0. The first kappa shape index (κ1) is 13.4. The summed E-state index contributed by atoms with van der Waals surface area (Å²) in [6.07, 6.45) is 18.1. The van der Waals surface area contributed by atoms with Crippen molar-refractivity contribution < 1.29 is 0 Å². The summed E-state index contributed by atoms with van der Waals surface area (Å²) in [6.45, 7) is 0. The minimum Gasteiger partial charge on any atom is -0.0458 e. The molecule has 7 rings (SSSR count). The summed E-state index contributed by atoms with van der Waals surface area (Å²) in [7, 11) is 0. The van der Waals surface area contributed by atoms with E-state index in [1.165, 1.54) is 77.0 Å². The van der Waals surface area contributed by atoms with Gasteiger partial charge in [0, 0.05) is 0 Å². The van der Waals surface area contributed by atoms with Gasteiger partial charge in [0.2, 0.25) is 0 Å². The Labute approximate surface area is 146 Å². The first-order valence-electron chi connectivity index (χ1n) is 11.1. The normalized spacial score (nSPS) is 30.0. The Morgan fingerprint density at radius 1 is 0.250 bits per heavy atom. The number of benzene rings is 1. The standard InChI is InChI=1S/C24H30/c1-2-13(1)19-20(14-3-4-14)22(16-7-8-16)24(18-11-12-18)23(17-9-10-17)21(19)15-5-6-15/h13-18H,1-12H2. The van der Waals surface area contributed by atoms with Crippen LogP contribution in [-0.2, 0) is 0 Å². The third-order valence-corrected chi connectivity index (χ3v) is 7.65. The van der Waals surface area contributed by atoms with Gasteiger partial charge in [-0.1, -0.05) is 0 Å². The van der Waals surface area contributed by atoms with Crippen LogP contribution in [0.3, 0.4) is 0 Å². The van der Waals surface area contributed by atoms with Crippen molar-refractivity contribution in [3.8, 4) is 0 Å². The zero-order valence-electron chi connectivity index (χ0n) is 14.9. The molecule has 0 nitrogen and oxygen atoms in total. The minimum atomic E-state index is 0.986. The van der Waals surface area contributed by atoms with Crippen molar-refractivity contribution in [2.24, 2.45) is 0 Å². The molecule has 1 aromatic rings. The molecule has 0 aromatic heterocycles. The van der Waals surface area contributed by atoms with E-state index in [-0.39, 0.29) is 0 Å². The lowest BCUT2D eigenvalue weighted by Crippen LogP contribution is -2.11. The Morgan fingerprint density at radius 3 is 0.458 bits per heavy atom. The Bertz CT molecular complexity index is 534. The van der Waals surface area contributed by atoms with Gasteiger partial charge in [0.05, 0.1) is 0 Å². The zero-order chi connectivity index (χ0) is 15.4. The quantitative estimate of drug-likeness (QED) is 0.532. The SMILES string of the molecule is C1CC1c1c(C2CC2)c(C2CC2)c(C2CC2)c(C2CC2)c1C1CC1. The van der Waals surface area contributed by atoms with Crippen LogP contribution in [0.4, 0.5) is 0 Å². The number of rotatable bonds is 6. The molecule has 24 heavy (non-hydrogen) atoms. The highest BCUT2D eigenvalue weighted by molar-refractivity contribution is 5.63. The molecular weight excluding hydrogens is 288 g/mol. The van der Waals surface area contributed by atoms with Crippen LogP contribution in [-0.4, -0.2) is 0 Å². The zero-order valence-corrected chi connectivity index (χ0v) is 14.9. The van der Waals surface area contributed by atoms with Crippen LogP contribution in [0.1, 0.15) is 146 Å². The molecule has 0 saturated heterocycles. The van der Waals surface area contributed by atoms with E-state index in [1.807, 2.05) is 33.4 Å². The number of hydrogen-bond donors (Lipinski definition) is 0. The van der Waals surface area contributed by atoms with Gasteiger partial charge < -0.3 is 0 Å².